The van der Waals surface area contributed by atoms with E-state index in [0.29, 0.717) is 15.9 Å². The molecule has 6 nitrogen and oxygen atoms in total. The molecule has 1 N–H and O–H groups in total. The Labute approximate surface area is 165 Å². The van der Waals surface area contributed by atoms with Crippen LogP contribution in [0.3, 0.4) is 0 Å². The van der Waals surface area contributed by atoms with Gasteiger partial charge in [0.2, 0.25) is 5.91 Å². The van der Waals surface area contributed by atoms with Crippen LogP contribution in [0.1, 0.15) is 11.1 Å². The van der Waals surface area contributed by atoms with E-state index in [1.165, 1.54) is 11.3 Å². The smallest absolute Gasteiger partial charge is 0.279 e. The number of fused-ring (bicyclic) bond motifs is 1. The Kier molecular flexibility index (Phi) is 4.75. The summed E-state index contributed by atoms with van der Waals surface area (Å²) in [5.41, 5.74) is 3.62. The SMILES string of the molecule is Cc1ccc(NC(=O)Cn2nnc3sc(-c4ccccc4)cc3c2=O)cc1C. The van der Waals surface area contributed by atoms with Crippen molar-refractivity contribution in [1.29, 1.82) is 0 Å². The maximum Gasteiger partial charge on any atom is 0.279 e. The van der Waals surface area contributed by atoms with Gasteiger partial charge in [-0.05, 0) is 48.7 Å². The third kappa shape index (κ3) is 3.57. The van der Waals surface area contributed by atoms with E-state index in [-0.39, 0.29) is 18.0 Å². The molecule has 2 heterocycles. The normalized spacial score (nSPS) is 10.9. The second-order valence-corrected chi connectivity index (χ2v) is 7.63. The second-order valence-electron chi connectivity index (χ2n) is 6.59. The molecule has 0 aliphatic heterocycles. The fourth-order valence-electron chi connectivity index (χ4n) is 2.89. The maximum absolute atomic E-state index is 12.7. The summed E-state index contributed by atoms with van der Waals surface area (Å²) in [6.07, 6.45) is 0. The van der Waals surface area contributed by atoms with Gasteiger partial charge in [-0.15, -0.1) is 16.4 Å². The van der Waals surface area contributed by atoms with Crippen LogP contribution in [0.4, 0.5) is 5.69 Å². The summed E-state index contributed by atoms with van der Waals surface area (Å²) in [4.78, 5) is 26.6. The number of hydrogen-bond donors (Lipinski definition) is 1. The van der Waals surface area contributed by atoms with Crippen LogP contribution in [-0.4, -0.2) is 20.9 Å². The van der Waals surface area contributed by atoms with E-state index in [1.54, 1.807) is 0 Å². The number of amides is 1. The fraction of sp³-hybridized carbons (Fsp3) is 0.143. The lowest BCUT2D eigenvalue weighted by Gasteiger charge is -2.08. The maximum atomic E-state index is 12.7. The van der Waals surface area contributed by atoms with E-state index in [9.17, 15) is 9.59 Å². The topological polar surface area (TPSA) is 76.9 Å². The van der Waals surface area contributed by atoms with Gasteiger partial charge in [-0.25, -0.2) is 4.68 Å². The zero-order valence-electron chi connectivity index (χ0n) is 15.5. The monoisotopic (exact) mass is 390 g/mol. The quantitative estimate of drug-likeness (QED) is 0.575. The van der Waals surface area contributed by atoms with Crippen LogP contribution in [-0.2, 0) is 11.3 Å². The number of thiophene rings is 1. The Morgan fingerprint density at radius 3 is 2.61 bits per heavy atom. The molecule has 0 fully saturated rings. The summed E-state index contributed by atoms with van der Waals surface area (Å²) in [6.45, 7) is 3.80. The zero-order chi connectivity index (χ0) is 19.7. The van der Waals surface area contributed by atoms with Gasteiger partial charge in [0.25, 0.3) is 5.56 Å². The molecule has 0 saturated carbocycles. The molecular weight excluding hydrogens is 372 g/mol. The van der Waals surface area contributed by atoms with Crippen molar-refractivity contribution >= 4 is 33.1 Å². The molecule has 4 aromatic rings. The van der Waals surface area contributed by atoms with Crippen LogP contribution in [0.2, 0.25) is 0 Å². The number of carbonyl (C=O) groups is 1. The average Bonchev–Trinajstić information content (AvgIpc) is 3.13. The van der Waals surface area contributed by atoms with Crippen molar-refractivity contribution in [1.82, 2.24) is 15.0 Å². The number of benzene rings is 2. The molecule has 0 aliphatic rings. The standard InChI is InChI=1S/C21H18N4O2S/c1-13-8-9-16(10-14(13)2)22-19(26)12-25-21(27)17-11-18(28-20(17)23-24-25)15-6-4-3-5-7-15/h3-11H,12H2,1-2H3,(H,22,26). The van der Waals surface area contributed by atoms with E-state index in [2.05, 4.69) is 15.6 Å². The number of nitrogens with zero attached hydrogens (tertiary/aromatic N) is 3. The van der Waals surface area contributed by atoms with Crippen molar-refractivity contribution in [3.8, 4) is 10.4 Å². The molecule has 2 aromatic heterocycles. The highest BCUT2D eigenvalue weighted by Gasteiger charge is 2.13. The number of rotatable bonds is 4. The van der Waals surface area contributed by atoms with E-state index in [4.69, 9.17) is 0 Å². The molecule has 1 amide bonds. The highest BCUT2D eigenvalue weighted by atomic mass is 32.1. The lowest BCUT2D eigenvalue weighted by molar-refractivity contribution is -0.117. The second kappa shape index (κ2) is 7.36. The first-order chi connectivity index (χ1) is 13.5. The molecule has 0 saturated heterocycles. The van der Waals surface area contributed by atoms with Gasteiger partial charge < -0.3 is 5.32 Å². The van der Waals surface area contributed by atoms with E-state index < -0.39 is 0 Å². The van der Waals surface area contributed by atoms with Gasteiger partial charge in [-0.3, -0.25) is 9.59 Å². The van der Waals surface area contributed by atoms with Gasteiger partial charge in [-0.1, -0.05) is 41.6 Å². The first kappa shape index (κ1) is 18.1. The number of hydrogen-bond acceptors (Lipinski definition) is 5. The molecule has 0 unspecified atom stereocenters. The molecule has 0 aliphatic carbocycles. The highest BCUT2D eigenvalue weighted by Crippen LogP contribution is 2.30. The first-order valence-electron chi connectivity index (χ1n) is 8.81. The minimum atomic E-state index is -0.322. The van der Waals surface area contributed by atoms with E-state index >= 15 is 0 Å². The Morgan fingerprint density at radius 2 is 1.86 bits per heavy atom. The number of aryl methyl sites for hydroxylation is 2. The molecule has 0 atom stereocenters. The van der Waals surface area contributed by atoms with Crippen molar-refractivity contribution in [2.45, 2.75) is 20.4 Å². The van der Waals surface area contributed by atoms with Crippen LogP contribution >= 0.6 is 11.3 Å². The predicted octanol–water partition coefficient (Wildman–Crippen LogP) is 3.78. The molecule has 0 spiro atoms. The molecular formula is C21H18N4O2S. The summed E-state index contributed by atoms with van der Waals surface area (Å²) in [5, 5.41) is 11.3. The molecule has 140 valence electrons. The number of aromatic nitrogens is 3. The first-order valence-corrected chi connectivity index (χ1v) is 9.63. The van der Waals surface area contributed by atoms with Crippen molar-refractivity contribution in [2.24, 2.45) is 0 Å². The molecule has 7 heteroatoms. The Balaban J connectivity index is 1.58. The number of anilines is 1. The van der Waals surface area contributed by atoms with Gasteiger partial charge in [0.1, 0.15) is 6.54 Å². The molecule has 2 aromatic carbocycles. The number of carbonyl (C=O) groups excluding carboxylic acids is 1. The summed E-state index contributed by atoms with van der Waals surface area (Å²) in [7, 11) is 0. The van der Waals surface area contributed by atoms with Crippen LogP contribution in [0, 0.1) is 13.8 Å². The van der Waals surface area contributed by atoms with E-state index in [0.717, 1.165) is 26.2 Å². The van der Waals surface area contributed by atoms with Crippen molar-refractivity contribution in [2.75, 3.05) is 5.32 Å². The fourth-order valence-corrected chi connectivity index (χ4v) is 3.86. The number of nitrogens with one attached hydrogen (secondary N) is 1. The minimum absolute atomic E-state index is 0.189. The Bertz CT molecular complexity index is 1230. The summed E-state index contributed by atoms with van der Waals surface area (Å²) >= 11 is 1.41. The lowest BCUT2D eigenvalue weighted by Crippen LogP contribution is -2.30. The Morgan fingerprint density at radius 1 is 1.07 bits per heavy atom. The zero-order valence-corrected chi connectivity index (χ0v) is 16.3. The summed E-state index contributed by atoms with van der Waals surface area (Å²) in [5.74, 6) is -0.322. The van der Waals surface area contributed by atoms with Crippen LogP contribution in [0.5, 0.6) is 0 Å². The molecule has 4 rings (SSSR count). The van der Waals surface area contributed by atoms with Crippen molar-refractivity contribution < 1.29 is 4.79 Å². The third-order valence-electron chi connectivity index (χ3n) is 4.56. The molecule has 28 heavy (non-hydrogen) atoms. The largest absolute Gasteiger partial charge is 0.324 e. The van der Waals surface area contributed by atoms with Gasteiger partial charge >= 0.3 is 0 Å². The Hall–Kier alpha value is -3.32. The summed E-state index contributed by atoms with van der Waals surface area (Å²) < 4.78 is 1.10. The van der Waals surface area contributed by atoms with Crippen LogP contribution < -0.4 is 10.9 Å². The van der Waals surface area contributed by atoms with Crippen molar-refractivity contribution in [3.63, 3.8) is 0 Å². The van der Waals surface area contributed by atoms with Crippen LogP contribution in [0.25, 0.3) is 20.7 Å². The van der Waals surface area contributed by atoms with Gasteiger partial charge in [0.05, 0.1) is 5.39 Å². The highest BCUT2D eigenvalue weighted by molar-refractivity contribution is 7.21. The lowest BCUT2D eigenvalue weighted by atomic mass is 10.1. The molecule has 0 radical (unpaired) electrons. The van der Waals surface area contributed by atoms with Gasteiger partial charge in [0.15, 0.2) is 4.83 Å². The van der Waals surface area contributed by atoms with Gasteiger partial charge in [-0.2, -0.15) is 0 Å². The average molecular weight is 390 g/mol. The molecule has 0 bridgehead atoms. The minimum Gasteiger partial charge on any atom is -0.324 e. The third-order valence-corrected chi connectivity index (χ3v) is 5.63. The van der Waals surface area contributed by atoms with E-state index in [1.807, 2.05) is 68.4 Å². The van der Waals surface area contributed by atoms with Gasteiger partial charge in [0, 0.05) is 10.6 Å². The summed E-state index contributed by atoms with van der Waals surface area (Å²) in [6, 6.07) is 17.3. The van der Waals surface area contributed by atoms with Crippen molar-refractivity contribution in [3.05, 3.63) is 76.1 Å². The van der Waals surface area contributed by atoms with Crippen LogP contribution in [0.15, 0.2) is 59.4 Å². The predicted molar refractivity (Wildman–Crippen MR) is 112 cm³/mol.